The second kappa shape index (κ2) is 4.13. The van der Waals surface area contributed by atoms with E-state index in [1.54, 1.807) is 12.4 Å². The van der Waals surface area contributed by atoms with Crippen LogP contribution in [0.1, 0.15) is 0 Å². The Bertz CT molecular complexity index is 148. The van der Waals surface area contributed by atoms with Gasteiger partial charge in [-0.1, -0.05) is 5.21 Å². The van der Waals surface area contributed by atoms with Crippen molar-refractivity contribution < 1.29 is 0 Å². The SMILES string of the molecule is c1cn[nH]n1.c1nn[nH]n1. The molecule has 0 aromatic carbocycles. The van der Waals surface area contributed by atoms with Gasteiger partial charge < -0.3 is 0 Å². The summed E-state index contributed by atoms with van der Waals surface area (Å²) in [6, 6.07) is 0. The second-order valence-corrected chi connectivity index (χ2v) is 1.22. The lowest BCUT2D eigenvalue weighted by atomic mass is 11.0. The van der Waals surface area contributed by atoms with Crippen LogP contribution >= 0.6 is 0 Å². The Hall–Kier alpha value is -1.79. The molecule has 0 saturated heterocycles. The molecule has 10 heavy (non-hydrogen) atoms. The standard InChI is InChI=1S/C2H3N3.CH2N4/c2*1-2-4-5-3-1/h1-2H,(H,3,4,5);1H,(H,2,3,4,5). The summed E-state index contributed by atoms with van der Waals surface area (Å²) in [5.41, 5.74) is 0. The lowest BCUT2D eigenvalue weighted by molar-refractivity contribution is 0.881. The molecule has 2 N–H and O–H groups in total. The van der Waals surface area contributed by atoms with Gasteiger partial charge in [-0.3, -0.25) is 0 Å². The average molecular weight is 139 g/mol. The van der Waals surface area contributed by atoms with E-state index in [-0.39, 0.29) is 0 Å². The monoisotopic (exact) mass is 139 g/mol. The fourth-order valence-corrected chi connectivity index (χ4v) is 0.296. The molecular formula is C3H5N7. The third-order valence-corrected chi connectivity index (χ3v) is 0.601. The number of hydrogen-bond donors (Lipinski definition) is 2. The van der Waals surface area contributed by atoms with Crippen molar-refractivity contribution >= 4 is 0 Å². The number of aromatic nitrogens is 7. The molecule has 0 unspecified atom stereocenters. The van der Waals surface area contributed by atoms with Gasteiger partial charge in [-0.05, 0) is 0 Å². The van der Waals surface area contributed by atoms with Gasteiger partial charge in [-0.2, -0.15) is 20.6 Å². The minimum Gasteiger partial charge on any atom is -0.198 e. The normalized spacial score (nSPS) is 8.00. The van der Waals surface area contributed by atoms with E-state index in [1.165, 1.54) is 6.33 Å². The number of nitrogens with one attached hydrogen (secondary N) is 2. The number of H-pyrrole nitrogens is 2. The Morgan fingerprint density at radius 3 is 1.90 bits per heavy atom. The van der Waals surface area contributed by atoms with Crippen molar-refractivity contribution in [3.63, 3.8) is 0 Å². The lowest BCUT2D eigenvalue weighted by Gasteiger charge is -1.48. The zero-order valence-electron chi connectivity index (χ0n) is 4.97. The summed E-state index contributed by atoms with van der Waals surface area (Å²) in [4.78, 5) is 0. The zero-order chi connectivity index (χ0) is 7.07. The van der Waals surface area contributed by atoms with Gasteiger partial charge >= 0.3 is 0 Å². The van der Waals surface area contributed by atoms with Gasteiger partial charge in [-0.15, -0.1) is 10.2 Å². The van der Waals surface area contributed by atoms with Gasteiger partial charge in [0.15, 0.2) is 6.33 Å². The Morgan fingerprint density at radius 1 is 0.900 bits per heavy atom. The minimum absolute atomic E-state index is 1.33. The topological polar surface area (TPSA) is 96.0 Å². The van der Waals surface area contributed by atoms with Crippen LogP contribution < -0.4 is 0 Å². The van der Waals surface area contributed by atoms with Crippen LogP contribution in [0, 0.1) is 0 Å². The van der Waals surface area contributed by atoms with Crippen LogP contribution in [0.25, 0.3) is 0 Å². The molecule has 0 atom stereocenters. The molecule has 7 heteroatoms. The van der Waals surface area contributed by atoms with Crippen molar-refractivity contribution in [3.05, 3.63) is 18.7 Å². The highest BCUT2D eigenvalue weighted by atomic mass is 15.5. The number of rotatable bonds is 0. The first kappa shape index (κ1) is 6.33. The van der Waals surface area contributed by atoms with Gasteiger partial charge in [0.25, 0.3) is 0 Å². The molecule has 0 aliphatic heterocycles. The maximum atomic E-state index is 3.49. The van der Waals surface area contributed by atoms with Gasteiger partial charge in [0.05, 0.1) is 12.4 Å². The van der Waals surface area contributed by atoms with Crippen LogP contribution in [0.5, 0.6) is 0 Å². The highest BCUT2D eigenvalue weighted by Gasteiger charge is 1.58. The summed E-state index contributed by atoms with van der Waals surface area (Å²) >= 11 is 0. The van der Waals surface area contributed by atoms with Gasteiger partial charge in [0.2, 0.25) is 0 Å². The minimum atomic E-state index is 1.33. The molecular weight excluding hydrogens is 134 g/mol. The Kier molecular flexibility index (Phi) is 2.61. The summed E-state index contributed by atoms with van der Waals surface area (Å²) in [5.74, 6) is 0. The van der Waals surface area contributed by atoms with E-state index in [1.807, 2.05) is 0 Å². The first-order valence-corrected chi connectivity index (χ1v) is 2.46. The van der Waals surface area contributed by atoms with Crippen molar-refractivity contribution in [2.45, 2.75) is 0 Å². The number of nitrogens with zero attached hydrogens (tertiary/aromatic N) is 5. The highest BCUT2D eigenvalue weighted by Crippen LogP contribution is 1.55. The molecule has 52 valence electrons. The maximum absolute atomic E-state index is 3.49. The van der Waals surface area contributed by atoms with Crippen LogP contribution in [-0.2, 0) is 0 Å². The Labute approximate surface area is 55.9 Å². The van der Waals surface area contributed by atoms with Gasteiger partial charge in [0.1, 0.15) is 0 Å². The molecule has 0 bridgehead atoms. The summed E-state index contributed by atoms with van der Waals surface area (Å²) in [7, 11) is 0. The second-order valence-electron chi connectivity index (χ2n) is 1.22. The third-order valence-electron chi connectivity index (χ3n) is 0.601. The molecule has 0 saturated carbocycles. The van der Waals surface area contributed by atoms with E-state index in [4.69, 9.17) is 0 Å². The molecule has 2 aromatic rings. The molecule has 2 rings (SSSR count). The molecule has 0 aliphatic rings. The largest absolute Gasteiger partial charge is 0.198 e. The number of aromatic amines is 2. The average Bonchev–Trinajstić information content (AvgIpc) is 2.67. The fourth-order valence-electron chi connectivity index (χ4n) is 0.296. The van der Waals surface area contributed by atoms with Gasteiger partial charge in [0, 0.05) is 0 Å². The molecule has 2 aromatic heterocycles. The number of hydrogen-bond acceptors (Lipinski definition) is 5. The quantitative estimate of drug-likeness (QED) is 0.488. The van der Waals surface area contributed by atoms with Crippen molar-refractivity contribution in [1.29, 1.82) is 0 Å². The van der Waals surface area contributed by atoms with Gasteiger partial charge in [-0.25, -0.2) is 0 Å². The van der Waals surface area contributed by atoms with Crippen LogP contribution in [0.3, 0.4) is 0 Å². The Morgan fingerprint density at radius 2 is 1.70 bits per heavy atom. The van der Waals surface area contributed by atoms with Crippen molar-refractivity contribution in [3.8, 4) is 0 Å². The molecule has 0 radical (unpaired) electrons. The molecule has 7 nitrogen and oxygen atoms in total. The van der Waals surface area contributed by atoms with Crippen molar-refractivity contribution in [1.82, 2.24) is 36.0 Å². The first-order valence-electron chi connectivity index (χ1n) is 2.46. The van der Waals surface area contributed by atoms with E-state index in [9.17, 15) is 0 Å². The number of tetrazole rings is 1. The van der Waals surface area contributed by atoms with E-state index >= 15 is 0 Å². The predicted molar refractivity (Wildman–Crippen MR) is 30.6 cm³/mol. The summed E-state index contributed by atoms with van der Waals surface area (Å²) < 4.78 is 0. The molecule has 0 spiro atoms. The fraction of sp³-hybridized carbons (Fsp3) is 0. The van der Waals surface area contributed by atoms with E-state index in [0.29, 0.717) is 0 Å². The van der Waals surface area contributed by atoms with Crippen molar-refractivity contribution in [2.75, 3.05) is 0 Å². The molecule has 0 amide bonds. The Balaban J connectivity index is 0.0000001000. The third kappa shape index (κ3) is 2.50. The maximum Gasteiger partial charge on any atom is 0.161 e. The van der Waals surface area contributed by atoms with Crippen molar-refractivity contribution in [2.24, 2.45) is 0 Å². The van der Waals surface area contributed by atoms with E-state index in [2.05, 4.69) is 36.0 Å². The zero-order valence-corrected chi connectivity index (χ0v) is 4.97. The van der Waals surface area contributed by atoms with E-state index in [0.717, 1.165) is 0 Å². The van der Waals surface area contributed by atoms with Crippen LogP contribution in [0.15, 0.2) is 18.7 Å². The molecule has 0 aliphatic carbocycles. The summed E-state index contributed by atoms with van der Waals surface area (Å²) in [6.07, 6.45) is 4.50. The lowest BCUT2D eigenvalue weighted by Crippen LogP contribution is -1.64. The molecule has 2 heterocycles. The van der Waals surface area contributed by atoms with Crippen LogP contribution in [-0.4, -0.2) is 36.0 Å². The summed E-state index contributed by atoms with van der Waals surface area (Å²) in [6.45, 7) is 0. The highest BCUT2D eigenvalue weighted by molar-refractivity contribution is 4.54. The van der Waals surface area contributed by atoms with E-state index < -0.39 is 0 Å². The first-order chi connectivity index (χ1) is 5.00. The van der Waals surface area contributed by atoms with Crippen LogP contribution in [0.4, 0.5) is 0 Å². The summed E-state index contributed by atoms with van der Waals surface area (Å²) in [5, 5.41) is 21.5. The smallest absolute Gasteiger partial charge is 0.161 e. The predicted octanol–water partition coefficient (Wildman–Crippen LogP) is -0.996. The van der Waals surface area contributed by atoms with Crippen LogP contribution in [0.2, 0.25) is 0 Å². The molecule has 0 fully saturated rings.